The van der Waals surface area contributed by atoms with Crippen molar-refractivity contribution in [2.75, 3.05) is 4.90 Å². The molecule has 3 atom stereocenters. The first kappa shape index (κ1) is 19.4. The van der Waals surface area contributed by atoms with Gasteiger partial charge >= 0.3 is 0 Å². The Labute approximate surface area is 180 Å². The van der Waals surface area contributed by atoms with Gasteiger partial charge in [0.1, 0.15) is 11.1 Å². The molecule has 7 heteroatoms. The summed E-state index contributed by atoms with van der Waals surface area (Å²) in [4.78, 5) is 28.6. The number of hydrogen-bond acceptors (Lipinski definition) is 6. The summed E-state index contributed by atoms with van der Waals surface area (Å²) in [5, 5.41) is 9.60. The van der Waals surface area contributed by atoms with Crippen molar-refractivity contribution < 1.29 is 14.3 Å². The fraction of sp³-hybridized carbons (Fsp3) is 0.478. The second-order valence-corrected chi connectivity index (χ2v) is 9.82. The number of fused-ring (bicyclic) bond motifs is 1. The summed E-state index contributed by atoms with van der Waals surface area (Å²) in [6.45, 7) is 6.15. The maximum Gasteiger partial charge on any atom is 0.296 e. The van der Waals surface area contributed by atoms with E-state index < -0.39 is 6.04 Å². The minimum Gasteiger partial charge on any atom is -0.483 e. The highest BCUT2D eigenvalue weighted by Crippen LogP contribution is 2.48. The van der Waals surface area contributed by atoms with Crippen LogP contribution in [-0.4, -0.2) is 28.0 Å². The van der Waals surface area contributed by atoms with Gasteiger partial charge in [-0.1, -0.05) is 55.9 Å². The van der Waals surface area contributed by atoms with Gasteiger partial charge in [-0.15, -0.1) is 10.2 Å². The number of carbonyl (C=O) groups excluding carboxylic acids is 2. The molecular weight excluding hydrogens is 398 g/mol. The molecule has 0 N–H and O–H groups in total. The second kappa shape index (κ2) is 7.30. The van der Waals surface area contributed by atoms with E-state index >= 15 is 0 Å². The third kappa shape index (κ3) is 2.98. The number of ether oxygens (including phenoxy) is 1. The number of nitrogens with zero attached hydrogens (tertiary/aromatic N) is 3. The highest BCUT2D eigenvalue weighted by molar-refractivity contribution is 7.15. The summed E-state index contributed by atoms with van der Waals surface area (Å²) >= 11 is 1.36. The topological polar surface area (TPSA) is 72.4 Å². The normalized spacial score (nSPS) is 26.1. The number of rotatable bonds is 3. The minimum atomic E-state index is -0.517. The lowest BCUT2D eigenvalue weighted by molar-refractivity contribution is -0.131. The molecule has 3 aliphatic rings. The third-order valence-corrected chi connectivity index (χ3v) is 7.24. The molecule has 0 saturated heterocycles. The van der Waals surface area contributed by atoms with Crippen LogP contribution in [0.4, 0.5) is 5.13 Å². The Balaban J connectivity index is 1.63. The zero-order valence-electron chi connectivity index (χ0n) is 17.4. The molecule has 1 saturated carbocycles. The molecule has 3 unspecified atom stereocenters. The van der Waals surface area contributed by atoms with Crippen LogP contribution < -0.4 is 4.90 Å². The number of ketones is 1. The number of aryl methyl sites for hydroxylation is 1. The van der Waals surface area contributed by atoms with E-state index in [-0.39, 0.29) is 29.5 Å². The maximum atomic E-state index is 13.6. The summed E-state index contributed by atoms with van der Waals surface area (Å²) in [6.07, 6.45) is 3.52. The third-order valence-electron chi connectivity index (χ3n) is 6.40. The maximum absolute atomic E-state index is 13.6. The van der Waals surface area contributed by atoms with Gasteiger partial charge in [0.15, 0.2) is 11.5 Å². The van der Waals surface area contributed by atoms with Gasteiger partial charge in [0.2, 0.25) is 5.13 Å². The van der Waals surface area contributed by atoms with Gasteiger partial charge in [0.25, 0.3) is 5.91 Å². The van der Waals surface area contributed by atoms with Gasteiger partial charge in [-0.3, -0.25) is 14.5 Å². The quantitative estimate of drug-likeness (QED) is 0.728. The molecule has 0 bridgehead atoms. The average Bonchev–Trinajstić information content (AvgIpc) is 3.29. The highest BCUT2D eigenvalue weighted by Gasteiger charge is 2.53. The van der Waals surface area contributed by atoms with Crippen molar-refractivity contribution in [2.45, 2.75) is 64.5 Å². The zero-order valence-corrected chi connectivity index (χ0v) is 18.2. The van der Waals surface area contributed by atoms with Crippen LogP contribution in [0.25, 0.3) is 0 Å². The van der Waals surface area contributed by atoms with Crippen molar-refractivity contribution in [3.8, 4) is 0 Å². The Hall–Kier alpha value is -2.54. The molecular formula is C23H25N3O3S. The van der Waals surface area contributed by atoms with E-state index in [2.05, 4.69) is 36.2 Å². The van der Waals surface area contributed by atoms with E-state index in [0.29, 0.717) is 16.6 Å². The van der Waals surface area contributed by atoms with Crippen LogP contribution in [-0.2, 0) is 14.3 Å². The molecule has 2 aliphatic heterocycles. The first-order valence-corrected chi connectivity index (χ1v) is 11.5. The van der Waals surface area contributed by atoms with E-state index in [9.17, 15) is 9.59 Å². The number of Topliss-reactive ketones (excluding diaryl/α,β-unsaturated/α-hetero) is 1. The molecule has 1 aliphatic carbocycles. The number of aromatic nitrogens is 2. The molecule has 1 amide bonds. The molecule has 0 spiro atoms. The molecule has 30 heavy (non-hydrogen) atoms. The van der Waals surface area contributed by atoms with Crippen LogP contribution in [0.5, 0.6) is 0 Å². The van der Waals surface area contributed by atoms with E-state index in [1.54, 1.807) is 4.90 Å². The van der Waals surface area contributed by atoms with Crippen LogP contribution in [0.3, 0.4) is 0 Å². The van der Waals surface area contributed by atoms with E-state index in [4.69, 9.17) is 4.74 Å². The predicted octanol–water partition coefficient (Wildman–Crippen LogP) is 4.47. The SMILES string of the molecule is Cc1nnc(N2C(=O)C3=C(C(=O)C4CCCCC4O3)C2c2ccc(C(C)C)cc2)s1. The molecule has 1 aromatic carbocycles. The Morgan fingerprint density at radius 2 is 1.83 bits per heavy atom. The Kier molecular flexibility index (Phi) is 4.73. The first-order valence-electron chi connectivity index (χ1n) is 10.6. The van der Waals surface area contributed by atoms with E-state index in [0.717, 1.165) is 36.3 Å². The van der Waals surface area contributed by atoms with Gasteiger partial charge in [-0.25, -0.2) is 0 Å². The van der Waals surface area contributed by atoms with Crippen LogP contribution >= 0.6 is 11.3 Å². The molecule has 1 fully saturated rings. The van der Waals surface area contributed by atoms with Crippen molar-refractivity contribution in [2.24, 2.45) is 5.92 Å². The number of benzene rings is 1. The van der Waals surface area contributed by atoms with Crippen LogP contribution in [0.2, 0.25) is 0 Å². The Morgan fingerprint density at radius 1 is 1.10 bits per heavy atom. The largest absolute Gasteiger partial charge is 0.483 e. The number of hydrogen-bond donors (Lipinski definition) is 0. The molecule has 6 nitrogen and oxygen atoms in total. The van der Waals surface area contributed by atoms with Crippen molar-refractivity contribution in [1.82, 2.24) is 10.2 Å². The van der Waals surface area contributed by atoms with Gasteiger partial charge in [0.05, 0.1) is 17.5 Å². The summed E-state index contributed by atoms with van der Waals surface area (Å²) in [5.41, 5.74) is 2.61. The molecule has 3 heterocycles. The van der Waals surface area contributed by atoms with Crippen molar-refractivity contribution >= 4 is 28.2 Å². The fourth-order valence-corrected chi connectivity index (χ4v) is 5.52. The van der Waals surface area contributed by atoms with Crippen molar-refractivity contribution in [3.63, 3.8) is 0 Å². The lowest BCUT2D eigenvalue weighted by Crippen LogP contribution is -2.39. The number of anilines is 1. The Morgan fingerprint density at radius 3 is 2.50 bits per heavy atom. The zero-order chi connectivity index (χ0) is 21.0. The molecule has 156 valence electrons. The van der Waals surface area contributed by atoms with Gasteiger partial charge in [-0.2, -0.15) is 0 Å². The first-order chi connectivity index (χ1) is 14.5. The second-order valence-electron chi connectivity index (χ2n) is 8.66. The number of carbonyl (C=O) groups is 2. The number of amides is 1. The van der Waals surface area contributed by atoms with Crippen LogP contribution in [0.1, 0.15) is 67.6 Å². The monoisotopic (exact) mass is 423 g/mol. The summed E-state index contributed by atoms with van der Waals surface area (Å²) in [6, 6.07) is 7.67. The lowest BCUT2D eigenvalue weighted by atomic mass is 9.77. The fourth-order valence-electron chi connectivity index (χ4n) is 4.80. The Bertz CT molecular complexity index is 1040. The van der Waals surface area contributed by atoms with Gasteiger partial charge in [-0.05, 0) is 43.2 Å². The molecule has 5 rings (SSSR count). The van der Waals surface area contributed by atoms with Crippen molar-refractivity contribution in [1.29, 1.82) is 0 Å². The van der Waals surface area contributed by atoms with E-state index in [1.807, 2.05) is 19.1 Å². The summed E-state index contributed by atoms with van der Waals surface area (Å²) in [7, 11) is 0. The molecule has 2 aromatic rings. The summed E-state index contributed by atoms with van der Waals surface area (Å²) < 4.78 is 6.19. The lowest BCUT2D eigenvalue weighted by Gasteiger charge is -2.35. The summed E-state index contributed by atoms with van der Waals surface area (Å²) in [5.74, 6) is 0.254. The minimum absolute atomic E-state index is 0.0657. The van der Waals surface area contributed by atoms with Crippen LogP contribution in [0, 0.1) is 12.8 Å². The molecule has 0 radical (unpaired) electrons. The van der Waals surface area contributed by atoms with E-state index in [1.165, 1.54) is 16.9 Å². The van der Waals surface area contributed by atoms with Crippen molar-refractivity contribution in [3.05, 3.63) is 51.7 Å². The smallest absolute Gasteiger partial charge is 0.296 e. The average molecular weight is 424 g/mol. The predicted molar refractivity (Wildman–Crippen MR) is 114 cm³/mol. The van der Waals surface area contributed by atoms with Crippen LogP contribution in [0.15, 0.2) is 35.6 Å². The standard InChI is InChI=1S/C23H25N3O3S/c1-12(2)14-8-10-15(11-9-14)19-18-20(27)16-6-4-5-7-17(16)29-21(18)22(28)26(19)23-25-24-13(3)30-23/h8-12,16-17,19H,4-7H2,1-3H3. The van der Waals surface area contributed by atoms with Gasteiger partial charge < -0.3 is 4.74 Å². The highest BCUT2D eigenvalue weighted by atomic mass is 32.1. The van der Waals surface area contributed by atoms with Gasteiger partial charge in [0, 0.05) is 0 Å². The molecule has 1 aromatic heterocycles.